The Kier molecular flexibility index (Phi) is 16.3. The highest BCUT2D eigenvalue weighted by atomic mass is 16.4. The number of quaternary nitrogens is 1. The van der Waals surface area contributed by atoms with E-state index in [1.54, 1.807) is 33.3 Å². The summed E-state index contributed by atoms with van der Waals surface area (Å²) in [6.07, 6.45) is 20.1. The van der Waals surface area contributed by atoms with Crippen molar-refractivity contribution < 1.29 is 29.4 Å². The quantitative estimate of drug-likeness (QED) is 0.132. The minimum atomic E-state index is -1.96. The summed E-state index contributed by atoms with van der Waals surface area (Å²) in [6.45, 7) is 0.312. The highest BCUT2D eigenvalue weighted by Gasteiger charge is 2.39. The standard InChI is InChI=1S/C25H45NO5/c1-26(2,3)22-25(31,21-24(29)30)23(28)19-17-15-13-11-9-7-5-4-6-8-10-12-14-16-18-20-27/h13,15,17,19,27,31H,4-12,14,16,18,20-22H2,1-3H3. The van der Waals surface area contributed by atoms with Gasteiger partial charge >= 0.3 is 0 Å². The average Bonchev–Trinajstić information content (AvgIpc) is 2.65. The van der Waals surface area contributed by atoms with E-state index in [0.29, 0.717) is 6.61 Å². The third kappa shape index (κ3) is 17.8. The third-order valence-electron chi connectivity index (χ3n) is 5.16. The topological polar surface area (TPSA) is 97.7 Å². The Hall–Kier alpha value is -1.50. The molecule has 2 N–H and O–H groups in total. The van der Waals surface area contributed by atoms with Crippen LogP contribution in [0.25, 0.3) is 0 Å². The number of nitrogens with zero attached hydrogens (tertiary/aromatic N) is 1. The number of hydrogen-bond donors (Lipinski definition) is 2. The molecule has 0 spiro atoms. The predicted molar refractivity (Wildman–Crippen MR) is 123 cm³/mol. The monoisotopic (exact) mass is 439 g/mol. The maximum atomic E-state index is 12.3. The Morgan fingerprint density at radius 2 is 1.32 bits per heavy atom. The van der Waals surface area contributed by atoms with Crippen molar-refractivity contribution in [3.63, 3.8) is 0 Å². The number of ketones is 1. The summed E-state index contributed by atoms with van der Waals surface area (Å²) in [5.41, 5.74) is -1.96. The number of carboxylic acid groups (broad SMARTS) is 1. The van der Waals surface area contributed by atoms with Gasteiger partial charge in [-0.15, -0.1) is 0 Å². The minimum absolute atomic E-state index is 0.00240. The zero-order valence-corrected chi connectivity index (χ0v) is 20.0. The molecule has 0 aliphatic heterocycles. The molecule has 0 radical (unpaired) electrons. The first-order chi connectivity index (χ1) is 14.6. The van der Waals surface area contributed by atoms with E-state index in [0.717, 1.165) is 25.7 Å². The number of carbonyl (C=O) groups excluding carboxylic acids is 2. The highest BCUT2D eigenvalue weighted by Crippen LogP contribution is 2.17. The van der Waals surface area contributed by atoms with Crippen LogP contribution >= 0.6 is 0 Å². The number of carbonyl (C=O) groups is 2. The Morgan fingerprint density at radius 1 is 0.839 bits per heavy atom. The van der Waals surface area contributed by atoms with Crippen molar-refractivity contribution in [3.8, 4) is 0 Å². The molecule has 1 atom stereocenters. The first-order valence-corrected chi connectivity index (χ1v) is 11.8. The summed E-state index contributed by atoms with van der Waals surface area (Å²) >= 11 is 0. The second-order valence-electron chi connectivity index (χ2n) is 9.58. The molecule has 0 aliphatic rings. The van der Waals surface area contributed by atoms with Crippen LogP contribution in [-0.2, 0) is 9.59 Å². The van der Waals surface area contributed by atoms with E-state index in [2.05, 4.69) is 0 Å². The van der Waals surface area contributed by atoms with E-state index >= 15 is 0 Å². The van der Waals surface area contributed by atoms with Gasteiger partial charge in [0.1, 0.15) is 6.54 Å². The lowest BCUT2D eigenvalue weighted by Gasteiger charge is -2.34. The van der Waals surface area contributed by atoms with Gasteiger partial charge in [-0.05, 0) is 25.3 Å². The number of aliphatic hydroxyl groups is 2. The number of rotatable bonds is 20. The van der Waals surface area contributed by atoms with E-state index < -0.39 is 23.8 Å². The number of aliphatic hydroxyl groups excluding tert-OH is 1. The molecule has 0 aromatic rings. The number of aliphatic carboxylic acids is 1. The normalized spacial score (nSPS) is 14.4. The van der Waals surface area contributed by atoms with Gasteiger partial charge in [0.05, 0.1) is 21.1 Å². The summed E-state index contributed by atoms with van der Waals surface area (Å²) in [6, 6.07) is 0. The second-order valence-corrected chi connectivity index (χ2v) is 9.58. The van der Waals surface area contributed by atoms with Gasteiger partial charge < -0.3 is 24.6 Å². The van der Waals surface area contributed by atoms with Crippen LogP contribution in [0.2, 0.25) is 0 Å². The maximum absolute atomic E-state index is 12.3. The Labute approximate surface area is 189 Å². The fraction of sp³-hybridized carbons (Fsp3) is 0.760. The van der Waals surface area contributed by atoms with Gasteiger partial charge in [0.25, 0.3) is 0 Å². The number of hydrogen-bond acceptors (Lipinski definition) is 5. The van der Waals surface area contributed by atoms with E-state index in [1.807, 2.05) is 6.08 Å². The van der Waals surface area contributed by atoms with Gasteiger partial charge in [-0.25, -0.2) is 0 Å². The lowest BCUT2D eigenvalue weighted by Crippen LogP contribution is -2.55. The lowest BCUT2D eigenvalue weighted by atomic mass is 9.92. The lowest BCUT2D eigenvalue weighted by molar-refractivity contribution is -0.875. The van der Waals surface area contributed by atoms with Crippen LogP contribution in [0.15, 0.2) is 24.3 Å². The van der Waals surface area contributed by atoms with Crippen LogP contribution in [0, 0.1) is 0 Å². The molecule has 0 amide bonds. The van der Waals surface area contributed by atoms with Crippen LogP contribution < -0.4 is 5.11 Å². The summed E-state index contributed by atoms with van der Waals surface area (Å²) in [7, 11) is 5.37. The highest BCUT2D eigenvalue weighted by molar-refractivity contribution is 5.99. The van der Waals surface area contributed by atoms with Crippen LogP contribution in [0.1, 0.15) is 83.5 Å². The first-order valence-electron chi connectivity index (χ1n) is 11.8. The van der Waals surface area contributed by atoms with Crippen LogP contribution in [0.5, 0.6) is 0 Å². The zero-order valence-electron chi connectivity index (χ0n) is 20.0. The minimum Gasteiger partial charge on any atom is -0.550 e. The van der Waals surface area contributed by atoms with Crippen molar-refractivity contribution >= 4 is 11.8 Å². The summed E-state index contributed by atoms with van der Waals surface area (Å²) in [5, 5.41) is 30.2. The summed E-state index contributed by atoms with van der Waals surface area (Å²) in [4.78, 5) is 23.3. The fourth-order valence-corrected chi connectivity index (χ4v) is 3.68. The number of carboxylic acids is 1. The molecule has 1 unspecified atom stereocenters. The molecule has 0 saturated carbocycles. The van der Waals surface area contributed by atoms with Gasteiger partial charge in [-0.1, -0.05) is 76.0 Å². The first kappa shape index (κ1) is 29.5. The smallest absolute Gasteiger partial charge is 0.193 e. The fourth-order valence-electron chi connectivity index (χ4n) is 3.68. The van der Waals surface area contributed by atoms with Crippen molar-refractivity contribution in [2.24, 2.45) is 0 Å². The van der Waals surface area contributed by atoms with E-state index in [1.165, 1.54) is 57.4 Å². The molecule has 0 rings (SSSR count). The SMILES string of the molecule is C[N+](C)(C)CC(O)(CC(=O)[O-])C(=O)C=CC=CCCCCCCCCCCCCCO. The van der Waals surface area contributed by atoms with Crippen LogP contribution in [0.3, 0.4) is 0 Å². The van der Waals surface area contributed by atoms with E-state index in [9.17, 15) is 19.8 Å². The van der Waals surface area contributed by atoms with Crippen molar-refractivity contribution in [1.29, 1.82) is 0 Å². The van der Waals surface area contributed by atoms with E-state index in [-0.39, 0.29) is 11.0 Å². The largest absolute Gasteiger partial charge is 0.550 e. The van der Waals surface area contributed by atoms with E-state index in [4.69, 9.17) is 5.11 Å². The van der Waals surface area contributed by atoms with Crippen molar-refractivity contribution in [2.45, 2.75) is 89.1 Å². The molecule has 0 fully saturated rings. The zero-order chi connectivity index (χ0) is 23.6. The Morgan fingerprint density at radius 3 is 1.77 bits per heavy atom. The molecule has 0 bridgehead atoms. The molecule has 180 valence electrons. The van der Waals surface area contributed by atoms with Crippen LogP contribution in [0.4, 0.5) is 0 Å². The van der Waals surface area contributed by atoms with Crippen molar-refractivity contribution in [1.82, 2.24) is 0 Å². The van der Waals surface area contributed by atoms with Gasteiger partial charge in [-0.3, -0.25) is 4.79 Å². The second kappa shape index (κ2) is 17.1. The number of allylic oxidation sites excluding steroid dienone is 3. The molecule has 0 aromatic carbocycles. The predicted octanol–water partition coefficient (Wildman–Crippen LogP) is 2.92. The number of unbranched alkanes of at least 4 members (excludes halogenated alkanes) is 11. The van der Waals surface area contributed by atoms with Gasteiger partial charge in [0.15, 0.2) is 11.4 Å². The molecule has 6 nitrogen and oxygen atoms in total. The summed E-state index contributed by atoms with van der Waals surface area (Å²) < 4.78 is 0.268. The summed E-state index contributed by atoms with van der Waals surface area (Å²) in [5.74, 6) is -2.05. The Bertz CT molecular complexity index is 551. The molecule has 0 saturated heterocycles. The van der Waals surface area contributed by atoms with Crippen molar-refractivity contribution in [2.75, 3.05) is 34.3 Å². The third-order valence-corrected chi connectivity index (χ3v) is 5.16. The molecule has 0 heterocycles. The number of likely N-dealkylation sites (N-methyl/N-ethyl adjacent to an activating group) is 1. The van der Waals surface area contributed by atoms with Gasteiger partial charge in [0.2, 0.25) is 0 Å². The maximum Gasteiger partial charge on any atom is 0.193 e. The molecule has 31 heavy (non-hydrogen) atoms. The molecular weight excluding hydrogens is 394 g/mol. The van der Waals surface area contributed by atoms with Gasteiger partial charge in [0, 0.05) is 19.0 Å². The molecule has 0 aromatic heterocycles. The average molecular weight is 440 g/mol. The molecular formula is C25H45NO5. The van der Waals surface area contributed by atoms with Gasteiger partial charge in [-0.2, -0.15) is 0 Å². The van der Waals surface area contributed by atoms with Crippen molar-refractivity contribution in [3.05, 3.63) is 24.3 Å². The molecule has 0 aliphatic carbocycles. The Balaban J connectivity index is 3.96. The molecule has 6 heteroatoms. The van der Waals surface area contributed by atoms with Crippen LogP contribution in [-0.4, -0.2) is 66.3 Å².